The number of rotatable bonds is 4. The van der Waals surface area contributed by atoms with Crippen LogP contribution < -0.4 is 4.74 Å². The average molecular weight is 292 g/mol. The zero-order valence-corrected chi connectivity index (χ0v) is 11.1. The average Bonchev–Trinajstić information content (AvgIpc) is 2.45. The number of ether oxygens (including phenoxy) is 1. The van der Waals surface area contributed by atoms with Gasteiger partial charge >= 0.3 is 0 Å². The van der Waals surface area contributed by atoms with Crippen molar-refractivity contribution >= 4 is 11.9 Å². The van der Waals surface area contributed by atoms with Gasteiger partial charge in [-0.05, 0) is 35.9 Å². The molecule has 108 valence electrons. The van der Waals surface area contributed by atoms with Gasteiger partial charge in [0.1, 0.15) is 11.6 Å². The molecule has 0 radical (unpaired) electrons. The Morgan fingerprint density at radius 3 is 2.29 bits per heavy atom. The largest absolute Gasteiger partial charge is 0.494 e. The quantitative estimate of drug-likeness (QED) is 0.628. The predicted molar refractivity (Wildman–Crippen MR) is 72.7 cm³/mol. The first-order valence-corrected chi connectivity index (χ1v) is 6.03. The maximum Gasteiger partial charge on any atom is 0.191 e. The molecule has 2 nitrogen and oxygen atoms in total. The summed E-state index contributed by atoms with van der Waals surface area (Å²) in [5, 5.41) is 0. The molecule has 0 aliphatic carbocycles. The Morgan fingerprint density at radius 1 is 1.05 bits per heavy atom. The third-order valence-electron chi connectivity index (χ3n) is 2.81. The summed E-state index contributed by atoms with van der Waals surface area (Å²) < 4.78 is 45.1. The van der Waals surface area contributed by atoms with Gasteiger partial charge in [0.2, 0.25) is 0 Å². The number of ketones is 1. The van der Waals surface area contributed by atoms with Gasteiger partial charge in [0.05, 0.1) is 12.7 Å². The van der Waals surface area contributed by atoms with E-state index in [9.17, 15) is 18.0 Å². The third kappa shape index (κ3) is 3.31. The molecule has 0 bridgehead atoms. The van der Waals surface area contributed by atoms with Crippen molar-refractivity contribution in [2.75, 3.05) is 7.11 Å². The first kappa shape index (κ1) is 14.8. The molecule has 0 aromatic heterocycles. The van der Waals surface area contributed by atoms with E-state index in [1.54, 1.807) is 0 Å². The van der Waals surface area contributed by atoms with Gasteiger partial charge in [-0.15, -0.1) is 0 Å². The van der Waals surface area contributed by atoms with Crippen LogP contribution in [0.15, 0.2) is 42.5 Å². The number of benzene rings is 2. The van der Waals surface area contributed by atoms with E-state index < -0.39 is 28.8 Å². The lowest BCUT2D eigenvalue weighted by molar-refractivity contribution is 0.104. The predicted octanol–water partition coefficient (Wildman–Crippen LogP) is 4.01. The molecule has 0 amide bonds. The lowest BCUT2D eigenvalue weighted by atomic mass is 10.1. The maximum atomic E-state index is 13.5. The summed E-state index contributed by atoms with van der Waals surface area (Å²) in [6.45, 7) is 0. The smallest absolute Gasteiger partial charge is 0.191 e. The van der Waals surface area contributed by atoms with Crippen molar-refractivity contribution in [3.05, 3.63) is 71.1 Å². The molecule has 0 aliphatic heterocycles. The van der Waals surface area contributed by atoms with Gasteiger partial charge in [-0.3, -0.25) is 4.79 Å². The Balaban J connectivity index is 2.25. The second-order valence-electron chi connectivity index (χ2n) is 4.19. The molecule has 0 saturated heterocycles. The van der Waals surface area contributed by atoms with Crippen LogP contribution in [0.5, 0.6) is 5.75 Å². The van der Waals surface area contributed by atoms with Crippen LogP contribution in [0.25, 0.3) is 6.08 Å². The van der Waals surface area contributed by atoms with E-state index in [0.29, 0.717) is 5.56 Å². The van der Waals surface area contributed by atoms with Gasteiger partial charge in [-0.25, -0.2) is 13.2 Å². The number of halogens is 3. The molecule has 2 aromatic carbocycles. The van der Waals surface area contributed by atoms with Gasteiger partial charge < -0.3 is 4.74 Å². The van der Waals surface area contributed by atoms with Crippen molar-refractivity contribution < 1.29 is 22.7 Å². The highest BCUT2D eigenvalue weighted by atomic mass is 19.1. The Labute approximate surface area is 119 Å². The topological polar surface area (TPSA) is 26.3 Å². The summed E-state index contributed by atoms with van der Waals surface area (Å²) in [4.78, 5) is 11.8. The van der Waals surface area contributed by atoms with Crippen LogP contribution in [0.1, 0.15) is 15.9 Å². The fourth-order valence-corrected chi connectivity index (χ4v) is 1.77. The fraction of sp³-hybridized carbons (Fsp3) is 0.0625. The summed E-state index contributed by atoms with van der Waals surface area (Å²) in [6, 6.07) is 7.23. The van der Waals surface area contributed by atoms with E-state index in [4.69, 9.17) is 4.74 Å². The van der Waals surface area contributed by atoms with Crippen molar-refractivity contribution in [3.8, 4) is 5.75 Å². The molecule has 0 N–H and O–H groups in total. The summed E-state index contributed by atoms with van der Waals surface area (Å²) in [5.74, 6) is -3.24. The highest BCUT2D eigenvalue weighted by molar-refractivity contribution is 6.07. The van der Waals surface area contributed by atoms with Crippen LogP contribution in [0.3, 0.4) is 0 Å². The summed E-state index contributed by atoms with van der Waals surface area (Å²) >= 11 is 0. The number of carbonyl (C=O) groups is 1. The molecule has 5 heteroatoms. The Kier molecular flexibility index (Phi) is 4.42. The van der Waals surface area contributed by atoms with E-state index in [0.717, 1.165) is 24.3 Å². The second-order valence-corrected chi connectivity index (χ2v) is 4.19. The molecule has 0 unspecified atom stereocenters. The maximum absolute atomic E-state index is 13.5. The minimum atomic E-state index is -0.939. The highest BCUT2D eigenvalue weighted by Gasteiger charge is 2.14. The molecule has 2 rings (SSSR count). The van der Waals surface area contributed by atoms with Crippen LogP contribution in [-0.4, -0.2) is 12.9 Å². The van der Waals surface area contributed by atoms with E-state index >= 15 is 0 Å². The SMILES string of the molecule is COc1ccc(/C=C/C(=O)c2c(F)cccc2F)cc1F. The summed E-state index contributed by atoms with van der Waals surface area (Å²) in [6.07, 6.45) is 2.26. The highest BCUT2D eigenvalue weighted by Crippen LogP contribution is 2.19. The Morgan fingerprint density at radius 2 is 1.71 bits per heavy atom. The number of hydrogen-bond donors (Lipinski definition) is 0. The van der Waals surface area contributed by atoms with Crippen molar-refractivity contribution in [2.45, 2.75) is 0 Å². The lowest BCUT2D eigenvalue weighted by Crippen LogP contribution is -2.02. The Hall–Kier alpha value is -2.56. The third-order valence-corrected chi connectivity index (χ3v) is 2.81. The van der Waals surface area contributed by atoms with Crippen molar-refractivity contribution in [2.24, 2.45) is 0 Å². The molecule has 0 aliphatic rings. The van der Waals surface area contributed by atoms with Gasteiger partial charge in [-0.1, -0.05) is 18.2 Å². The molecule has 0 fully saturated rings. The van der Waals surface area contributed by atoms with Crippen molar-refractivity contribution in [1.29, 1.82) is 0 Å². The van der Waals surface area contributed by atoms with E-state index in [-0.39, 0.29) is 5.75 Å². The van der Waals surface area contributed by atoms with Crippen LogP contribution >= 0.6 is 0 Å². The molecule has 0 atom stereocenters. The molecular weight excluding hydrogens is 281 g/mol. The molecule has 2 aromatic rings. The Bertz CT molecular complexity index is 688. The van der Waals surface area contributed by atoms with E-state index in [1.165, 1.54) is 31.4 Å². The molecule has 0 heterocycles. The molecule has 21 heavy (non-hydrogen) atoms. The first-order chi connectivity index (χ1) is 10.0. The summed E-state index contributed by atoms with van der Waals surface area (Å²) in [5.41, 5.74) is -0.263. The van der Waals surface area contributed by atoms with Gasteiger partial charge in [0, 0.05) is 0 Å². The van der Waals surface area contributed by atoms with Gasteiger partial charge in [-0.2, -0.15) is 0 Å². The minimum Gasteiger partial charge on any atom is -0.494 e. The number of allylic oxidation sites excluding steroid dienone is 1. The molecule has 0 saturated carbocycles. The van der Waals surface area contributed by atoms with Gasteiger partial charge in [0.15, 0.2) is 17.3 Å². The number of methoxy groups -OCH3 is 1. The minimum absolute atomic E-state index is 0.0682. The zero-order chi connectivity index (χ0) is 15.4. The monoisotopic (exact) mass is 292 g/mol. The van der Waals surface area contributed by atoms with E-state index in [1.807, 2.05) is 0 Å². The summed E-state index contributed by atoms with van der Waals surface area (Å²) in [7, 11) is 1.33. The van der Waals surface area contributed by atoms with Crippen molar-refractivity contribution in [1.82, 2.24) is 0 Å². The van der Waals surface area contributed by atoms with Crippen LogP contribution in [0.4, 0.5) is 13.2 Å². The lowest BCUT2D eigenvalue weighted by Gasteiger charge is -2.02. The van der Waals surface area contributed by atoms with Crippen LogP contribution in [0.2, 0.25) is 0 Å². The van der Waals surface area contributed by atoms with Gasteiger partial charge in [0.25, 0.3) is 0 Å². The number of hydrogen-bond acceptors (Lipinski definition) is 2. The standard InChI is InChI=1S/C16H11F3O2/c1-21-15-8-6-10(9-13(15)19)5-7-14(20)16-11(17)3-2-4-12(16)18/h2-9H,1H3/b7-5+. The molecular formula is C16H11F3O2. The first-order valence-electron chi connectivity index (χ1n) is 6.03. The van der Waals surface area contributed by atoms with E-state index in [2.05, 4.69) is 0 Å². The second kappa shape index (κ2) is 6.26. The van der Waals surface area contributed by atoms with Crippen LogP contribution in [-0.2, 0) is 0 Å². The van der Waals surface area contributed by atoms with Crippen molar-refractivity contribution in [3.63, 3.8) is 0 Å². The zero-order valence-electron chi connectivity index (χ0n) is 11.1. The number of carbonyl (C=O) groups excluding carboxylic acids is 1. The van der Waals surface area contributed by atoms with Crippen LogP contribution in [0, 0.1) is 17.5 Å². The molecule has 0 spiro atoms. The fourth-order valence-electron chi connectivity index (χ4n) is 1.77. The normalized spacial score (nSPS) is 10.9.